The average Bonchev–Trinajstić information content (AvgIpc) is 2.99. The lowest BCUT2D eigenvalue weighted by atomic mass is 9.46. The van der Waals surface area contributed by atoms with E-state index in [1.54, 1.807) is 5.57 Å². The molecule has 0 saturated heterocycles. The summed E-state index contributed by atoms with van der Waals surface area (Å²) in [6.07, 6.45) is 17.1. The van der Waals surface area contributed by atoms with Gasteiger partial charge in [-0.1, -0.05) is 65.5 Å². The highest BCUT2D eigenvalue weighted by molar-refractivity contribution is 5.25. The van der Waals surface area contributed by atoms with E-state index in [0.717, 1.165) is 41.9 Å². The van der Waals surface area contributed by atoms with Crippen molar-refractivity contribution in [2.24, 2.45) is 46.3 Å². The summed E-state index contributed by atoms with van der Waals surface area (Å²) in [5, 5.41) is 10.2. The van der Waals surface area contributed by atoms with Crippen molar-refractivity contribution in [2.75, 3.05) is 0 Å². The summed E-state index contributed by atoms with van der Waals surface area (Å²) in [7, 11) is 0. The zero-order valence-electron chi connectivity index (χ0n) is 19.3. The quantitative estimate of drug-likeness (QED) is 0.488. The molecule has 0 heterocycles. The van der Waals surface area contributed by atoms with E-state index in [1.807, 2.05) is 0 Å². The van der Waals surface area contributed by atoms with Crippen LogP contribution in [-0.2, 0) is 0 Å². The van der Waals surface area contributed by atoms with Gasteiger partial charge in [-0.05, 0) is 97.7 Å². The molecule has 0 bridgehead atoms. The molecule has 160 valence electrons. The van der Waals surface area contributed by atoms with E-state index >= 15 is 0 Å². The number of aliphatic hydroxyl groups is 1. The van der Waals surface area contributed by atoms with Gasteiger partial charge in [-0.15, -0.1) is 0 Å². The number of allylic oxidation sites excluding steroid dienone is 1. The molecule has 3 fully saturated rings. The van der Waals surface area contributed by atoms with E-state index in [9.17, 15) is 5.11 Å². The number of aliphatic hydroxyl groups excluding tert-OH is 1. The first kappa shape index (κ1) is 21.0. The fourth-order valence-corrected chi connectivity index (χ4v) is 8.73. The largest absolute Gasteiger partial charge is 0.389 e. The Morgan fingerprint density at radius 3 is 2.50 bits per heavy atom. The number of fused-ring (bicyclic) bond motifs is 5. The molecule has 1 nitrogen and oxygen atoms in total. The molecule has 0 radical (unpaired) electrons. The van der Waals surface area contributed by atoms with E-state index in [4.69, 9.17) is 0 Å². The molecule has 0 aromatic rings. The molecule has 28 heavy (non-hydrogen) atoms. The highest BCUT2D eigenvalue weighted by Crippen LogP contribution is 2.67. The maximum Gasteiger partial charge on any atom is 0.0724 e. The predicted octanol–water partition coefficient (Wildman–Crippen LogP) is 7.39. The molecule has 0 aromatic heterocycles. The Labute approximate surface area is 174 Å². The van der Waals surface area contributed by atoms with Crippen LogP contribution in [0.5, 0.6) is 0 Å². The normalized spacial score (nSPS) is 46.5. The molecule has 0 spiro atoms. The van der Waals surface area contributed by atoms with Crippen LogP contribution in [0.1, 0.15) is 105 Å². The zero-order valence-corrected chi connectivity index (χ0v) is 19.3. The number of hydrogen-bond acceptors (Lipinski definition) is 1. The highest BCUT2D eigenvalue weighted by atomic mass is 16.3. The minimum absolute atomic E-state index is 0.170. The maximum atomic E-state index is 10.2. The van der Waals surface area contributed by atoms with Gasteiger partial charge in [0.1, 0.15) is 0 Å². The molecule has 8 atom stereocenters. The van der Waals surface area contributed by atoms with E-state index in [2.05, 4.69) is 40.7 Å². The summed E-state index contributed by atoms with van der Waals surface area (Å²) in [5.74, 6) is 5.52. The van der Waals surface area contributed by atoms with Crippen LogP contribution < -0.4 is 0 Å². The van der Waals surface area contributed by atoms with Crippen molar-refractivity contribution in [3.8, 4) is 0 Å². The standard InChI is InChI=1S/C27H46O/c1-18(2)7-6-8-19(3)23-11-12-24-22-10-9-20-17-21(28)13-15-26(20,4)25(22)14-16-27(23,24)5/h17-19,21-25,28H,6-16H2,1-5H3/t19?,21-,22-,23+,24-,25-,26-,27+/m0/s1. The highest BCUT2D eigenvalue weighted by Gasteiger charge is 2.59. The Morgan fingerprint density at radius 1 is 0.964 bits per heavy atom. The fourth-order valence-electron chi connectivity index (χ4n) is 8.73. The molecule has 4 aliphatic carbocycles. The second-order valence-corrected chi connectivity index (χ2v) is 12.2. The van der Waals surface area contributed by atoms with Crippen LogP contribution in [0.4, 0.5) is 0 Å². The minimum Gasteiger partial charge on any atom is -0.389 e. The van der Waals surface area contributed by atoms with Gasteiger partial charge < -0.3 is 5.11 Å². The summed E-state index contributed by atoms with van der Waals surface area (Å²) in [5.41, 5.74) is 2.61. The molecule has 4 aliphatic rings. The van der Waals surface area contributed by atoms with E-state index < -0.39 is 0 Å². The molecular formula is C27H46O. The lowest BCUT2D eigenvalue weighted by Crippen LogP contribution is -2.51. The Morgan fingerprint density at radius 2 is 1.75 bits per heavy atom. The predicted molar refractivity (Wildman–Crippen MR) is 119 cm³/mol. The second kappa shape index (κ2) is 7.75. The Kier molecular flexibility index (Phi) is 5.80. The van der Waals surface area contributed by atoms with Gasteiger partial charge in [0, 0.05) is 0 Å². The van der Waals surface area contributed by atoms with Gasteiger partial charge in [-0.25, -0.2) is 0 Å². The van der Waals surface area contributed by atoms with Gasteiger partial charge in [0.15, 0.2) is 0 Å². The van der Waals surface area contributed by atoms with Crippen molar-refractivity contribution in [1.29, 1.82) is 0 Å². The van der Waals surface area contributed by atoms with Gasteiger partial charge >= 0.3 is 0 Å². The third-order valence-corrected chi connectivity index (χ3v) is 10.3. The first-order chi connectivity index (χ1) is 13.3. The molecule has 4 rings (SSSR count). The molecular weight excluding hydrogens is 340 g/mol. The minimum atomic E-state index is -0.170. The van der Waals surface area contributed by atoms with Gasteiger partial charge in [-0.2, -0.15) is 0 Å². The lowest BCUT2D eigenvalue weighted by Gasteiger charge is -2.59. The van der Waals surface area contributed by atoms with Gasteiger partial charge in [0.25, 0.3) is 0 Å². The molecule has 1 heteroatoms. The fraction of sp³-hybridized carbons (Fsp3) is 0.926. The SMILES string of the molecule is CC(C)CCCC(C)[C@H]1CC[C@H]2[C@@H]3CCC4=C[C@@H](O)CC[C@]4(C)[C@H]3CC[C@]12C. The topological polar surface area (TPSA) is 20.2 Å². The molecule has 0 amide bonds. The third kappa shape index (κ3) is 3.42. The summed E-state index contributed by atoms with van der Waals surface area (Å²) in [6.45, 7) is 12.6. The van der Waals surface area contributed by atoms with Crippen LogP contribution in [0.25, 0.3) is 0 Å². The lowest BCUT2D eigenvalue weighted by molar-refractivity contribution is -0.0626. The van der Waals surface area contributed by atoms with Crippen LogP contribution >= 0.6 is 0 Å². The summed E-state index contributed by atoms with van der Waals surface area (Å²) >= 11 is 0. The van der Waals surface area contributed by atoms with Crippen molar-refractivity contribution < 1.29 is 5.11 Å². The molecule has 0 aliphatic heterocycles. The average molecular weight is 387 g/mol. The third-order valence-electron chi connectivity index (χ3n) is 10.3. The van der Waals surface area contributed by atoms with E-state index in [-0.39, 0.29) is 6.10 Å². The Bertz CT molecular complexity index is 591. The van der Waals surface area contributed by atoms with Crippen LogP contribution in [-0.4, -0.2) is 11.2 Å². The Hall–Kier alpha value is -0.300. The van der Waals surface area contributed by atoms with Crippen molar-refractivity contribution in [3.05, 3.63) is 11.6 Å². The van der Waals surface area contributed by atoms with Crippen molar-refractivity contribution in [1.82, 2.24) is 0 Å². The molecule has 1 unspecified atom stereocenters. The summed E-state index contributed by atoms with van der Waals surface area (Å²) in [4.78, 5) is 0. The summed E-state index contributed by atoms with van der Waals surface area (Å²) < 4.78 is 0. The van der Waals surface area contributed by atoms with E-state index in [0.29, 0.717) is 10.8 Å². The van der Waals surface area contributed by atoms with Crippen LogP contribution in [0.2, 0.25) is 0 Å². The van der Waals surface area contributed by atoms with Crippen LogP contribution in [0.3, 0.4) is 0 Å². The van der Waals surface area contributed by atoms with Crippen molar-refractivity contribution in [2.45, 2.75) is 111 Å². The van der Waals surface area contributed by atoms with Gasteiger partial charge in [0.05, 0.1) is 6.10 Å². The van der Waals surface area contributed by atoms with Gasteiger partial charge in [0.2, 0.25) is 0 Å². The smallest absolute Gasteiger partial charge is 0.0724 e. The molecule has 0 aromatic carbocycles. The zero-order chi connectivity index (χ0) is 20.1. The van der Waals surface area contributed by atoms with Crippen LogP contribution in [0.15, 0.2) is 11.6 Å². The van der Waals surface area contributed by atoms with Crippen molar-refractivity contribution >= 4 is 0 Å². The molecule has 3 saturated carbocycles. The molecule has 1 N–H and O–H groups in total. The first-order valence-electron chi connectivity index (χ1n) is 12.6. The monoisotopic (exact) mass is 386 g/mol. The van der Waals surface area contributed by atoms with Gasteiger partial charge in [-0.3, -0.25) is 0 Å². The first-order valence-corrected chi connectivity index (χ1v) is 12.6. The number of rotatable bonds is 5. The summed E-state index contributed by atoms with van der Waals surface area (Å²) in [6, 6.07) is 0. The maximum absolute atomic E-state index is 10.2. The number of hydrogen-bond donors (Lipinski definition) is 1. The van der Waals surface area contributed by atoms with Crippen molar-refractivity contribution in [3.63, 3.8) is 0 Å². The van der Waals surface area contributed by atoms with Crippen LogP contribution in [0, 0.1) is 46.3 Å². The Balaban J connectivity index is 1.48. The van der Waals surface area contributed by atoms with E-state index in [1.165, 1.54) is 64.2 Å². The second-order valence-electron chi connectivity index (χ2n) is 12.2.